The molecule has 0 saturated heterocycles. The molecule has 148 valence electrons. The van der Waals surface area contributed by atoms with Gasteiger partial charge in [-0.2, -0.15) is 0 Å². The van der Waals surface area contributed by atoms with Crippen LogP contribution in [0.4, 0.5) is 0 Å². The molecule has 0 aliphatic carbocycles. The molecule has 1 aliphatic rings. The van der Waals surface area contributed by atoms with Gasteiger partial charge in [-0.3, -0.25) is 9.78 Å². The minimum atomic E-state index is -0.207. The van der Waals surface area contributed by atoms with Crippen molar-refractivity contribution in [1.82, 2.24) is 9.88 Å². The second-order valence-electron chi connectivity index (χ2n) is 6.86. The molecule has 1 atom stereocenters. The van der Waals surface area contributed by atoms with E-state index in [-0.39, 0.29) is 12.0 Å². The van der Waals surface area contributed by atoms with E-state index >= 15 is 0 Å². The maximum absolute atomic E-state index is 12.7. The Kier molecular flexibility index (Phi) is 5.61. The molecule has 0 fully saturated rings. The minimum Gasteiger partial charge on any atom is -0.489 e. The lowest BCUT2D eigenvalue weighted by molar-refractivity contribution is 0.0521. The van der Waals surface area contributed by atoms with Crippen LogP contribution in [0.5, 0.6) is 17.2 Å². The second-order valence-corrected chi connectivity index (χ2v) is 6.86. The Bertz CT molecular complexity index is 960. The summed E-state index contributed by atoms with van der Waals surface area (Å²) in [6.07, 6.45) is 3.28. The van der Waals surface area contributed by atoms with Gasteiger partial charge < -0.3 is 19.1 Å². The highest BCUT2D eigenvalue weighted by Crippen LogP contribution is 2.31. The van der Waals surface area contributed by atoms with Crippen LogP contribution >= 0.6 is 0 Å². The smallest absolute Gasteiger partial charge is 0.253 e. The molecule has 0 unspecified atom stereocenters. The average molecular weight is 390 g/mol. The van der Waals surface area contributed by atoms with Gasteiger partial charge in [0.05, 0.1) is 6.54 Å². The standard InChI is InChI=1S/C23H22N2O4/c1-25(14-20-16-28-21-6-2-3-7-22(21)29-20)23(26)18-8-10-19(11-9-18)27-15-17-5-4-12-24-13-17/h2-13,20H,14-16H2,1H3/t20-/m0/s1. The number of benzene rings is 2. The number of likely N-dealkylation sites (N-methyl/N-ethyl adjacent to an activating group) is 1. The van der Waals surface area contributed by atoms with Crippen molar-refractivity contribution >= 4 is 5.91 Å². The molecule has 4 rings (SSSR count). The highest BCUT2D eigenvalue weighted by Gasteiger charge is 2.24. The number of aromatic nitrogens is 1. The molecule has 1 amide bonds. The monoisotopic (exact) mass is 390 g/mol. The number of carbonyl (C=O) groups is 1. The Morgan fingerprint density at radius 2 is 1.90 bits per heavy atom. The number of para-hydroxylation sites is 2. The Labute approximate surface area is 169 Å². The molecule has 0 N–H and O–H groups in total. The number of hydrogen-bond acceptors (Lipinski definition) is 5. The third-order valence-corrected chi connectivity index (χ3v) is 4.62. The van der Waals surface area contributed by atoms with Crippen LogP contribution in [0.2, 0.25) is 0 Å². The van der Waals surface area contributed by atoms with E-state index in [1.165, 1.54) is 0 Å². The average Bonchev–Trinajstić information content (AvgIpc) is 2.78. The normalized spacial score (nSPS) is 14.9. The quantitative estimate of drug-likeness (QED) is 0.644. The van der Waals surface area contributed by atoms with E-state index in [0.717, 1.165) is 11.3 Å². The van der Waals surface area contributed by atoms with Crippen molar-refractivity contribution in [3.63, 3.8) is 0 Å². The zero-order valence-electron chi connectivity index (χ0n) is 16.2. The molecule has 2 aromatic carbocycles. The van der Waals surface area contributed by atoms with Gasteiger partial charge in [0.15, 0.2) is 17.6 Å². The van der Waals surface area contributed by atoms with E-state index in [2.05, 4.69) is 4.98 Å². The van der Waals surface area contributed by atoms with Crippen molar-refractivity contribution in [2.24, 2.45) is 0 Å². The maximum Gasteiger partial charge on any atom is 0.253 e. The first kappa shape index (κ1) is 18.8. The zero-order valence-corrected chi connectivity index (χ0v) is 16.2. The van der Waals surface area contributed by atoms with E-state index in [1.807, 2.05) is 36.4 Å². The third kappa shape index (κ3) is 4.66. The van der Waals surface area contributed by atoms with Gasteiger partial charge in [-0.1, -0.05) is 18.2 Å². The van der Waals surface area contributed by atoms with Crippen LogP contribution in [-0.4, -0.2) is 42.1 Å². The van der Waals surface area contributed by atoms with Crippen molar-refractivity contribution < 1.29 is 19.0 Å². The highest BCUT2D eigenvalue weighted by molar-refractivity contribution is 5.94. The van der Waals surface area contributed by atoms with Crippen LogP contribution in [0.15, 0.2) is 73.1 Å². The molecule has 0 saturated carbocycles. The molecular weight excluding hydrogens is 368 g/mol. The molecule has 0 spiro atoms. The van der Waals surface area contributed by atoms with Crippen molar-refractivity contribution in [2.45, 2.75) is 12.7 Å². The van der Waals surface area contributed by atoms with Gasteiger partial charge in [0.25, 0.3) is 5.91 Å². The van der Waals surface area contributed by atoms with E-state index in [0.29, 0.717) is 36.8 Å². The van der Waals surface area contributed by atoms with E-state index in [9.17, 15) is 4.79 Å². The fraction of sp³-hybridized carbons (Fsp3) is 0.217. The van der Waals surface area contributed by atoms with Gasteiger partial charge in [-0.05, 0) is 42.5 Å². The van der Waals surface area contributed by atoms with Crippen molar-refractivity contribution in [3.8, 4) is 17.2 Å². The SMILES string of the molecule is CN(C[C@H]1COc2ccccc2O1)C(=O)c1ccc(OCc2cccnc2)cc1. The largest absolute Gasteiger partial charge is 0.489 e. The Morgan fingerprint density at radius 1 is 1.10 bits per heavy atom. The molecule has 0 bridgehead atoms. The summed E-state index contributed by atoms with van der Waals surface area (Å²) in [7, 11) is 1.76. The summed E-state index contributed by atoms with van der Waals surface area (Å²) >= 11 is 0. The molecule has 6 heteroatoms. The lowest BCUT2D eigenvalue weighted by Gasteiger charge is -2.29. The fourth-order valence-electron chi connectivity index (χ4n) is 3.11. The number of pyridine rings is 1. The first-order valence-electron chi connectivity index (χ1n) is 9.45. The van der Waals surface area contributed by atoms with Crippen LogP contribution < -0.4 is 14.2 Å². The molecule has 3 aromatic rings. The van der Waals surface area contributed by atoms with Crippen LogP contribution in [0.1, 0.15) is 15.9 Å². The molecule has 1 aliphatic heterocycles. The predicted octanol–water partition coefficient (Wildman–Crippen LogP) is 3.57. The van der Waals surface area contributed by atoms with Gasteiger partial charge in [-0.25, -0.2) is 0 Å². The summed E-state index contributed by atoms with van der Waals surface area (Å²) in [5.41, 5.74) is 1.59. The van der Waals surface area contributed by atoms with Crippen LogP contribution in [0.25, 0.3) is 0 Å². The van der Waals surface area contributed by atoms with Crippen LogP contribution in [0, 0.1) is 0 Å². The molecular formula is C23H22N2O4. The van der Waals surface area contributed by atoms with Crippen molar-refractivity contribution in [3.05, 3.63) is 84.2 Å². The summed E-state index contributed by atoms with van der Waals surface area (Å²) in [5.74, 6) is 2.07. The summed E-state index contributed by atoms with van der Waals surface area (Å²) in [4.78, 5) is 18.4. The third-order valence-electron chi connectivity index (χ3n) is 4.62. The van der Waals surface area contributed by atoms with Crippen LogP contribution in [0.3, 0.4) is 0 Å². The van der Waals surface area contributed by atoms with Crippen LogP contribution in [-0.2, 0) is 6.61 Å². The Morgan fingerprint density at radius 3 is 2.66 bits per heavy atom. The molecule has 6 nitrogen and oxygen atoms in total. The van der Waals surface area contributed by atoms with E-state index < -0.39 is 0 Å². The molecule has 29 heavy (non-hydrogen) atoms. The first-order valence-corrected chi connectivity index (χ1v) is 9.45. The second kappa shape index (κ2) is 8.65. The number of amides is 1. The Balaban J connectivity index is 1.32. The lowest BCUT2D eigenvalue weighted by Crippen LogP contribution is -2.41. The topological polar surface area (TPSA) is 60.9 Å². The molecule has 0 radical (unpaired) electrons. The van der Waals surface area contributed by atoms with Crippen molar-refractivity contribution in [2.75, 3.05) is 20.2 Å². The number of nitrogens with zero attached hydrogens (tertiary/aromatic N) is 2. The number of fused-ring (bicyclic) bond motifs is 1. The predicted molar refractivity (Wildman–Crippen MR) is 108 cm³/mol. The van der Waals surface area contributed by atoms with E-state index in [1.54, 1.807) is 48.6 Å². The number of hydrogen-bond donors (Lipinski definition) is 0. The van der Waals surface area contributed by atoms with Gasteiger partial charge in [0, 0.05) is 30.6 Å². The van der Waals surface area contributed by atoms with Gasteiger partial charge >= 0.3 is 0 Å². The number of rotatable bonds is 6. The first-order chi connectivity index (χ1) is 14.2. The fourth-order valence-corrected chi connectivity index (χ4v) is 3.11. The van der Waals surface area contributed by atoms with Crippen molar-refractivity contribution in [1.29, 1.82) is 0 Å². The number of carbonyl (C=O) groups excluding carboxylic acids is 1. The minimum absolute atomic E-state index is 0.0775. The lowest BCUT2D eigenvalue weighted by atomic mass is 10.2. The maximum atomic E-state index is 12.7. The van der Waals surface area contributed by atoms with Gasteiger partial charge in [-0.15, -0.1) is 0 Å². The summed E-state index contributed by atoms with van der Waals surface area (Å²) < 4.78 is 17.4. The zero-order chi connectivity index (χ0) is 20.1. The number of ether oxygens (including phenoxy) is 3. The molecule has 1 aromatic heterocycles. The summed E-state index contributed by atoms with van der Waals surface area (Å²) in [5, 5.41) is 0. The Hall–Kier alpha value is -3.54. The van der Waals surface area contributed by atoms with Gasteiger partial charge in [0.1, 0.15) is 19.0 Å². The van der Waals surface area contributed by atoms with Gasteiger partial charge in [0.2, 0.25) is 0 Å². The summed E-state index contributed by atoms with van der Waals surface area (Å²) in [6.45, 7) is 1.28. The summed E-state index contributed by atoms with van der Waals surface area (Å²) in [6, 6.07) is 18.5. The van der Waals surface area contributed by atoms with E-state index in [4.69, 9.17) is 14.2 Å². The molecule has 2 heterocycles. The highest BCUT2D eigenvalue weighted by atomic mass is 16.6.